The van der Waals surface area contributed by atoms with E-state index >= 15 is 0 Å². The Kier molecular flexibility index (Phi) is 5.79. The van der Waals surface area contributed by atoms with Crippen molar-refractivity contribution in [3.8, 4) is 0 Å². The van der Waals surface area contributed by atoms with Gasteiger partial charge in [0, 0.05) is 37.7 Å². The molecular formula is C16H21N3O6. The number of nitro benzene ring substituents is 1. The van der Waals surface area contributed by atoms with Gasteiger partial charge in [-0.25, -0.2) is 10.3 Å². The predicted octanol–water partition coefficient (Wildman–Crippen LogP) is 1.62. The number of carbonyl (C=O) groups excluding carboxylic acids is 1. The smallest absolute Gasteiger partial charge is 0.293 e. The van der Waals surface area contributed by atoms with Crippen LogP contribution in [0, 0.1) is 10.1 Å². The highest BCUT2D eigenvalue weighted by Crippen LogP contribution is 2.30. The lowest BCUT2D eigenvalue weighted by Gasteiger charge is -2.28. The third-order valence-electron chi connectivity index (χ3n) is 4.21. The molecule has 1 amide bonds. The van der Waals surface area contributed by atoms with Gasteiger partial charge in [0.25, 0.3) is 11.6 Å². The molecule has 9 nitrogen and oxygen atoms in total. The fraction of sp³-hybridized carbons (Fsp3) is 0.562. The SMILES string of the molecule is O=C(NOC1CCCCO1)c1ccc(N2CCOCC2)c([N+](=O)[O-])c1. The third kappa shape index (κ3) is 4.44. The summed E-state index contributed by atoms with van der Waals surface area (Å²) in [6.45, 7) is 2.80. The van der Waals surface area contributed by atoms with Crippen LogP contribution in [0.5, 0.6) is 0 Å². The monoisotopic (exact) mass is 351 g/mol. The Balaban J connectivity index is 1.69. The van der Waals surface area contributed by atoms with Crippen molar-refractivity contribution in [2.45, 2.75) is 25.6 Å². The molecule has 1 unspecified atom stereocenters. The van der Waals surface area contributed by atoms with Crippen LogP contribution in [0.25, 0.3) is 0 Å². The second-order valence-corrected chi connectivity index (χ2v) is 5.91. The van der Waals surface area contributed by atoms with Crippen LogP contribution in [0.2, 0.25) is 0 Å². The standard InChI is InChI=1S/C16H21N3O6/c20-16(17-25-15-3-1-2-8-24-15)12-4-5-13(14(11-12)19(21)22)18-6-9-23-10-7-18/h4-5,11,15H,1-3,6-10H2,(H,17,20). The molecule has 1 atom stereocenters. The van der Waals surface area contributed by atoms with Crippen molar-refractivity contribution in [1.82, 2.24) is 5.48 Å². The predicted molar refractivity (Wildman–Crippen MR) is 88.3 cm³/mol. The van der Waals surface area contributed by atoms with Crippen LogP contribution >= 0.6 is 0 Å². The van der Waals surface area contributed by atoms with Crippen LogP contribution in [0.4, 0.5) is 11.4 Å². The number of carbonyl (C=O) groups is 1. The maximum atomic E-state index is 12.2. The maximum absolute atomic E-state index is 12.2. The van der Waals surface area contributed by atoms with E-state index < -0.39 is 17.1 Å². The second kappa shape index (κ2) is 8.24. The molecule has 0 saturated carbocycles. The first kappa shape index (κ1) is 17.6. The van der Waals surface area contributed by atoms with Crippen LogP contribution in [-0.4, -0.2) is 50.0 Å². The molecule has 2 aliphatic rings. The summed E-state index contributed by atoms with van der Waals surface area (Å²) in [5.74, 6) is -0.536. The van der Waals surface area contributed by atoms with E-state index in [1.165, 1.54) is 6.07 Å². The van der Waals surface area contributed by atoms with Crippen LogP contribution < -0.4 is 10.4 Å². The van der Waals surface area contributed by atoms with E-state index in [2.05, 4.69) is 5.48 Å². The summed E-state index contributed by atoms with van der Waals surface area (Å²) < 4.78 is 10.6. The van der Waals surface area contributed by atoms with Gasteiger partial charge in [-0.05, 0) is 25.0 Å². The first-order valence-electron chi connectivity index (χ1n) is 8.34. The highest BCUT2D eigenvalue weighted by Gasteiger charge is 2.24. The highest BCUT2D eigenvalue weighted by atomic mass is 16.8. The maximum Gasteiger partial charge on any atom is 0.293 e. The van der Waals surface area contributed by atoms with Gasteiger partial charge in [-0.1, -0.05) is 0 Å². The fourth-order valence-corrected chi connectivity index (χ4v) is 2.86. The summed E-state index contributed by atoms with van der Waals surface area (Å²) in [6.07, 6.45) is 2.18. The third-order valence-corrected chi connectivity index (χ3v) is 4.21. The van der Waals surface area contributed by atoms with Gasteiger partial charge in [-0.2, -0.15) is 0 Å². The number of rotatable bonds is 5. The molecule has 2 heterocycles. The van der Waals surface area contributed by atoms with Crippen LogP contribution in [0.1, 0.15) is 29.6 Å². The Labute approximate surface area is 144 Å². The Hall–Kier alpha value is -2.23. The molecular weight excluding hydrogens is 330 g/mol. The molecule has 0 bridgehead atoms. The van der Waals surface area contributed by atoms with Crippen molar-refractivity contribution >= 4 is 17.3 Å². The van der Waals surface area contributed by atoms with Crippen LogP contribution in [0.15, 0.2) is 18.2 Å². The van der Waals surface area contributed by atoms with Gasteiger partial charge in [0.2, 0.25) is 0 Å². The average molecular weight is 351 g/mol. The zero-order chi connectivity index (χ0) is 17.6. The second-order valence-electron chi connectivity index (χ2n) is 5.91. The van der Waals surface area contributed by atoms with E-state index in [1.54, 1.807) is 12.1 Å². The molecule has 0 radical (unpaired) electrons. The van der Waals surface area contributed by atoms with Crippen molar-refractivity contribution in [2.75, 3.05) is 37.8 Å². The zero-order valence-electron chi connectivity index (χ0n) is 13.8. The molecule has 1 aromatic rings. The van der Waals surface area contributed by atoms with Gasteiger partial charge in [0.1, 0.15) is 5.69 Å². The quantitative estimate of drug-likeness (QED) is 0.635. The molecule has 0 spiro atoms. The minimum atomic E-state index is -0.536. The van der Waals surface area contributed by atoms with Crippen LogP contribution in [-0.2, 0) is 14.3 Å². The average Bonchev–Trinajstić information content (AvgIpc) is 2.67. The van der Waals surface area contributed by atoms with Crippen molar-refractivity contribution in [3.05, 3.63) is 33.9 Å². The number of anilines is 1. The Morgan fingerprint density at radius 2 is 2.08 bits per heavy atom. The summed E-state index contributed by atoms with van der Waals surface area (Å²) in [4.78, 5) is 30.2. The van der Waals surface area contributed by atoms with Gasteiger partial charge in [0.15, 0.2) is 6.29 Å². The van der Waals surface area contributed by atoms with Gasteiger partial charge < -0.3 is 14.4 Å². The summed E-state index contributed by atoms with van der Waals surface area (Å²) in [5.41, 5.74) is 2.86. The summed E-state index contributed by atoms with van der Waals surface area (Å²) >= 11 is 0. The number of nitrogens with zero attached hydrogens (tertiary/aromatic N) is 2. The minimum Gasteiger partial charge on any atom is -0.378 e. The lowest BCUT2D eigenvalue weighted by atomic mass is 10.1. The van der Waals surface area contributed by atoms with Gasteiger partial charge in [0.05, 0.1) is 18.1 Å². The fourth-order valence-electron chi connectivity index (χ4n) is 2.86. The van der Waals surface area contributed by atoms with Crippen molar-refractivity contribution < 1.29 is 24.0 Å². The lowest BCUT2D eigenvalue weighted by molar-refractivity contribution is -0.384. The molecule has 0 aliphatic carbocycles. The molecule has 3 rings (SSSR count). The number of morpholine rings is 1. The number of benzene rings is 1. The molecule has 2 saturated heterocycles. The zero-order valence-corrected chi connectivity index (χ0v) is 13.8. The van der Waals surface area contributed by atoms with Crippen molar-refractivity contribution in [1.29, 1.82) is 0 Å². The molecule has 2 aliphatic heterocycles. The largest absolute Gasteiger partial charge is 0.378 e. The van der Waals surface area contributed by atoms with Gasteiger partial charge in [-0.15, -0.1) is 0 Å². The van der Waals surface area contributed by atoms with E-state index in [0.717, 1.165) is 12.8 Å². The molecule has 1 aromatic carbocycles. The number of nitro groups is 1. The molecule has 25 heavy (non-hydrogen) atoms. The van der Waals surface area contributed by atoms with Crippen molar-refractivity contribution in [2.24, 2.45) is 0 Å². The van der Waals surface area contributed by atoms with E-state index in [1.807, 2.05) is 4.90 Å². The molecule has 0 aromatic heterocycles. The molecule has 136 valence electrons. The number of nitrogens with one attached hydrogen (secondary N) is 1. The summed E-state index contributed by atoms with van der Waals surface area (Å²) in [5, 5.41) is 11.4. The number of hydrogen-bond donors (Lipinski definition) is 1. The summed E-state index contributed by atoms with van der Waals surface area (Å²) in [6, 6.07) is 4.42. The minimum absolute atomic E-state index is 0.108. The van der Waals surface area contributed by atoms with Gasteiger partial charge >= 0.3 is 0 Å². The topological polar surface area (TPSA) is 103 Å². The summed E-state index contributed by atoms with van der Waals surface area (Å²) in [7, 11) is 0. The molecule has 1 N–H and O–H groups in total. The number of amides is 1. The Bertz CT molecular complexity index is 626. The van der Waals surface area contributed by atoms with Gasteiger partial charge in [-0.3, -0.25) is 14.9 Å². The van der Waals surface area contributed by atoms with E-state index in [0.29, 0.717) is 45.0 Å². The van der Waals surface area contributed by atoms with Crippen LogP contribution in [0.3, 0.4) is 0 Å². The Morgan fingerprint density at radius 1 is 1.28 bits per heavy atom. The van der Waals surface area contributed by atoms with E-state index in [-0.39, 0.29) is 11.3 Å². The van der Waals surface area contributed by atoms with E-state index in [9.17, 15) is 14.9 Å². The normalized spacial score (nSPS) is 21.0. The number of ether oxygens (including phenoxy) is 2. The molecule has 2 fully saturated rings. The Morgan fingerprint density at radius 3 is 2.76 bits per heavy atom. The molecule has 9 heteroatoms. The first-order chi connectivity index (χ1) is 12.1. The van der Waals surface area contributed by atoms with Crippen molar-refractivity contribution in [3.63, 3.8) is 0 Å². The first-order valence-corrected chi connectivity index (χ1v) is 8.34. The highest BCUT2D eigenvalue weighted by molar-refractivity contribution is 5.95. The van der Waals surface area contributed by atoms with E-state index in [4.69, 9.17) is 14.3 Å². The number of hydrogen-bond acceptors (Lipinski definition) is 7. The lowest BCUT2D eigenvalue weighted by Crippen LogP contribution is -2.36. The number of hydroxylamine groups is 1.